The van der Waals surface area contributed by atoms with Crippen LogP contribution in [0.2, 0.25) is 0 Å². The number of hydrogen-bond donors (Lipinski definition) is 1. The van der Waals surface area contributed by atoms with Gasteiger partial charge in [0, 0.05) is 19.1 Å². The summed E-state index contributed by atoms with van der Waals surface area (Å²) in [6.45, 7) is 2.89. The molecule has 2 saturated heterocycles. The predicted molar refractivity (Wildman–Crippen MR) is 48.4 cm³/mol. The predicted octanol–water partition coefficient (Wildman–Crippen LogP) is -0.404. The molecule has 2 atom stereocenters. The molecule has 0 spiro atoms. The van der Waals surface area contributed by atoms with Crippen molar-refractivity contribution >= 4 is 5.97 Å². The van der Waals surface area contributed by atoms with E-state index in [4.69, 9.17) is 4.74 Å². The lowest BCUT2D eigenvalue weighted by Gasteiger charge is -2.34. The first-order valence-corrected chi connectivity index (χ1v) is 4.86. The minimum absolute atomic E-state index is 0.112. The van der Waals surface area contributed by atoms with E-state index < -0.39 is 0 Å². The summed E-state index contributed by atoms with van der Waals surface area (Å²) in [6.07, 6.45) is 2.53. The molecule has 4 nitrogen and oxygen atoms in total. The van der Waals surface area contributed by atoms with E-state index >= 15 is 0 Å². The van der Waals surface area contributed by atoms with Crippen molar-refractivity contribution in [2.75, 3.05) is 26.7 Å². The normalized spacial score (nSPS) is 34.2. The van der Waals surface area contributed by atoms with Crippen molar-refractivity contribution in [2.24, 2.45) is 0 Å². The maximum atomic E-state index is 11.2. The Balaban J connectivity index is 1.93. The number of fused-ring (bicyclic) bond motifs is 1. The molecule has 0 radical (unpaired) electrons. The lowest BCUT2D eigenvalue weighted by atomic mass is 10.1. The Morgan fingerprint density at radius 1 is 1.62 bits per heavy atom. The maximum absolute atomic E-state index is 11.2. The molecule has 2 aliphatic rings. The second kappa shape index (κ2) is 3.64. The van der Waals surface area contributed by atoms with Crippen molar-refractivity contribution in [3.8, 4) is 0 Å². The summed E-state index contributed by atoms with van der Waals surface area (Å²) in [7, 11) is 1.44. The van der Waals surface area contributed by atoms with E-state index in [1.807, 2.05) is 0 Å². The summed E-state index contributed by atoms with van der Waals surface area (Å²) >= 11 is 0. The molecule has 0 amide bonds. The van der Waals surface area contributed by atoms with Gasteiger partial charge < -0.3 is 10.1 Å². The molecule has 0 saturated carbocycles. The molecule has 13 heavy (non-hydrogen) atoms. The fourth-order valence-electron chi connectivity index (χ4n) is 2.24. The Kier molecular flexibility index (Phi) is 2.51. The van der Waals surface area contributed by atoms with Gasteiger partial charge in [0.15, 0.2) is 0 Å². The van der Waals surface area contributed by atoms with Crippen molar-refractivity contribution < 1.29 is 9.53 Å². The molecule has 2 fully saturated rings. The fourth-order valence-corrected chi connectivity index (χ4v) is 2.24. The SMILES string of the molecule is COC(=O)[C@@H]1CN2CCC[C@H]2CN1. The van der Waals surface area contributed by atoms with Crippen LogP contribution in [0.1, 0.15) is 12.8 Å². The molecule has 2 rings (SSSR count). The Labute approximate surface area is 78.2 Å². The quantitative estimate of drug-likeness (QED) is 0.563. The number of hydrogen-bond acceptors (Lipinski definition) is 4. The van der Waals surface area contributed by atoms with Gasteiger partial charge in [0.1, 0.15) is 6.04 Å². The first-order chi connectivity index (χ1) is 6.31. The summed E-state index contributed by atoms with van der Waals surface area (Å²) in [5.41, 5.74) is 0. The molecule has 0 aromatic rings. The molecule has 2 aliphatic heterocycles. The third kappa shape index (κ3) is 1.69. The van der Waals surface area contributed by atoms with E-state index in [1.165, 1.54) is 20.0 Å². The Bertz CT molecular complexity index is 208. The topological polar surface area (TPSA) is 41.6 Å². The summed E-state index contributed by atoms with van der Waals surface area (Å²) in [5, 5.41) is 3.22. The van der Waals surface area contributed by atoms with Crippen LogP contribution in [-0.2, 0) is 9.53 Å². The fraction of sp³-hybridized carbons (Fsp3) is 0.889. The lowest BCUT2D eigenvalue weighted by molar-refractivity contribution is -0.144. The third-order valence-corrected chi connectivity index (χ3v) is 3.00. The van der Waals surface area contributed by atoms with Gasteiger partial charge in [0.05, 0.1) is 7.11 Å². The third-order valence-electron chi connectivity index (χ3n) is 3.00. The van der Waals surface area contributed by atoms with Crippen LogP contribution in [0.15, 0.2) is 0 Å². The van der Waals surface area contributed by atoms with Crippen molar-refractivity contribution in [3.05, 3.63) is 0 Å². The summed E-state index contributed by atoms with van der Waals surface area (Å²) in [5.74, 6) is -0.134. The van der Waals surface area contributed by atoms with E-state index in [2.05, 4.69) is 10.2 Å². The zero-order chi connectivity index (χ0) is 9.26. The summed E-state index contributed by atoms with van der Waals surface area (Å²) in [6, 6.07) is 0.542. The highest BCUT2D eigenvalue weighted by atomic mass is 16.5. The lowest BCUT2D eigenvalue weighted by Crippen LogP contribution is -2.57. The molecular formula is C9H16N2O2. The molecule has 74 valence electrons. The second-order valence-corrected chi connectivity index (χ2v) is 3.77. The van der Waals surface area contributed by atoms with E-state index in [0.29, 0.717) is 6.04 Å². The van der Waals surface area contributed by atoms with Crippen LogP contribution in [0.25, 0.3) is 0 Å². The first kappa shape index (κ1) is 8.97. The maximum Gasteiger partial charge on any atom is 0.324 e. The van der Waals surface area contributed by atoms with Crippen molar-refractivity contribution in [1.82, 2.24) is 10.2 Å². The second-order valence-electron chi connectivity index (χ2n) is 3.77. The summed E-state index contributed by atoms with van der Waals surface area (Å²) < 4.78 is 4.71. The van der Waals surface area contributed by atoms with E-state index in [0.717, 1.165) is 19.6 Å². The highest BCUT2D eigenvalue weighted by Crippen LogP contribution is 2.19. The molecule has 0 bridgehead atoms. The van der Waals surface area contributed by atoms with E-state index in [-0.39, 0.29) is 12.0 Å². The largest absolute Gasteiger partial charge is 0.468 e. The molecule has 0 aliphatic carbocycles. The Hall–Kier alpha value is -0.610. The summed E-state index contributed by atoms with van der Waals surface area (Å²) in [4.78, 5) is 13.6. The van der Waals surface area contributed by atoms with Gasteiger partial charge in [-0.05, 0) is 19.4 Å². The van der Waals surface area contributed by atoms with E-state index in [1.54, 1.807) is 0 Å². The van der Waals surface area contributed by atoms with E-state index in [9.17, 15) is 4.79 Å². The van der Waals surface area contributed by atoms with Gasteiger partial charge in [-0.25, -0.2) is 0 Å². The van der Waals surface area contributed by atoms with Gasteiger partial charge >= 0.3 is 5.97 Å². The number of nitrogens with one attached hydrogen (secondary N) is 1. The van der Waals surface area contributed by atoms with Gasteiger partial charge in [0.25, 0.3) is 0 Å². The van der Waals surface area contributed by atoms with Crippen LogP contribution < -0.4 is 5.32 Å². The molecule has 0 unspecified atom stereocenters. The van der Waals surface area contributed by atoms with Crippen LogP contribution in [-0.4, -0.2) is 49.7 Å². The van der Waals surface area contributed by atoms with Gasteiger partial charge in [-0.2, -0.15) is 0 Å². The first-order valence-electron chi connectivity index (χ1n) is 4.86. The van der Waals surface area contributed by atoms with Crippen molar-refractivity contribution in [1.29, 1.82) is 0 Å². The number of nitrogens with zero attached hydrogens (tertiary/aromatic N) is 1. The molecule has 0 aromatic carbocycles. The van der Waals surface area contributed by atoms with Crippen LogP contribution in [0.5, 0.6) is 0 Å². The number of esters is 1. The number of carbonyl (C=O) groups is 1. The van der Waals surface area contributed by atoms with Crippen LogP contribution >= 0.6 is 0 Å². The highest BCUT2D eigenvalue weighted by molar-refractivity contribution is 5.76. The van der Waals surface area contributed by atoms with Gasteiger partial charge in [-0.15, -0.1) is 0 Å². The van der Waals surface area contributed by atoms with Gasteiger partial charge in [-0.3, -0.25) is 9.69 Å². The molecule has 2 heterocycles. The molecule has 1 N–H and O–H groups in total. The minimum atomic E-state index is -0.134. The molecule has 0 aromatic heterocycles. The average molecular weight is 184 g/mol. The zero-order valence-corrected chi connectivity index (χ0v) is 7.95. The van der Waals surface area contributed by atoms with Crippen molar-refractivity contribution in [3.63, 3.8) is 0 Å². The number of ether oxygens (including phenoxy) is 1. The number of carbonyl (C=O) groups excluding carboxylic acids is 1. The smallest absolute Gasteiger partial charge is 0.324 e. The standard InChI is InChI=1S/C9H16N2O2/c1-13-9(12)8-6-11-4-2-3-7(11)5-10-8/h7-8,10H,2-6H2,1H3/t7-,8-/m0/s1. The molecular weight excluding hydrogens is 168 g/mol. The minimum Gasteiger partial charge on any atom is -0.468 e. The highest BCUT2D eigenvalue weighted by Gasteiger charge is 2.34. The van der Waals surface area contributed by atoms with Crippen molar-refractivity contribution in [2.45, 2.75) is 24.9 Å². The number of rotatable bonds is 1. The van der Waals surface area contributed by atoms with Gasteiger partial charge in [0.2, 0.25) is 0 Å². The Morgan fingerprint density at radius 2 is 2.46 bits per heavy atom. The van der Waals surface area contributed by atoms with Gasteiger partial charge in [-0.1, -0.05) is 0 Å². The van der Waals surface area contributed by atoms with Crippen LogP contribution in [0.4, 0.5) is 0 Å². The number of methoxy groups -OCH3 is 1. The Morgan fingerprint density at radius 3 is 3.23 bits per heavy atom. The zero-order valence-electron chi connectivity index (χ0n) is 7.95. The molecule has 4 heteroatoms. The average Bonchev–Trinajstić information content (AvgIpc) is 2.63. The monoisotopic (exact) mass is 184 g/mol. The number of piperazine rings is 1. The van der Waals surface area contributed by atoms with Crippen LogP contribution in [0.3, 0.4) is 0 Å². The van der Waals surface area contributed by atoms with Crippen LogP contribution in [0, 0.1) is 0 Å².